The lowest BCUT2D eigenvalue weighted by molar-refractivity contribution is -0.119. The van der Waals surface area contributed by atoms with Crippen LogP contribution in [0.15, 0.2) is 41.2 Å². The Labute approximate surface area is 166 Å². The highest BCUT2D eigenvalue weighted by Gasteiger charge is 2.13. The topological polar surface area (TPSA) is 74.8 Å². The molecule has 0 bridgehead atoms. The fourth-order valence-corrected chi connectivity index (χ4v) is 4.25. The van der Waals surface area contributed by atoms with E-state index in [1.165, 1.54) is 23.1 Å². The van der Waals surface area contributed by atoms with Gasteiger partial charge in [0.05, 0.1) is 16.9 Å². The summed E-state index contributed by atoms with van der Waals surface area (Å²) < 4.78 is 0. The predicted octanol–water partition coefficient (Wildman–Crippen LogP) is 4.05. The molecule has 0 fully saturated rings. The van der Waals surface area contributed by atoms with Crippen molar-refractivity contribution >= 4 is 39.2 Å². The number of benzene rings is 1. The van der Waals surface area contributed by atoms with Crippen LogP contribution in [-0.2, 0) is 10.5 Å². The molecule has 0 spiro atoms. The highest BCUT2D eigenvalue weighted by molar-refractivity contribution is 7.99. The molecule has 1 aromatic carbocycles. The van der Waals surface area contributed by atoms with Crippen LogP contribution in [0.1, 0.15) is 26.6 Å². The maximum absolute atomic E-state index is 12.4. The van der Waals surface area contributed by atoms with Gasteiger partial charge in [0.25, 0.3) is 5.56 Å². The Bertz CT molecular complexity index is 980. The largest absolute Gasteiger partial charge is 0.353 e. The van der Waals surface area contributed by atoms with E-state index in [9.17, 15) is 9.59 Å². The minimum Gasteiger partial charge on any atom is -0.353 e. The first-order valence-corrected chi connectivity index (χ1v) is 10.9. The van der Waals surface area contributed by atoms with Crippen LogP contribution in [-0.4, -0.2) is 27.7 Å². The third kappa shape index (κ3) is 4.99. The third-order valence-electron chi connectivity index (χ3n) is 4.37. The van der Waals surface area contributed by atoms with Crippen molar-refractivity contribution in [2.24, 2.45) is 5.92 Å². The number of carbonyl (C=O) groups is 1. The molecular weight excluding hydrogens is 378 g/mol. The van der Waals surface area contributed by atoms with Crippen molar-refractivity contribution < 1.29 is 4.79 Å². The lowest BCUT2D eigenvalue weighted by Gasteiger charge is -2.17. The standard InChI is InChI=1S/C20H23N3O2S2/c1-12(2)13(3)21-18(24)11-26-10-17-22-19(25)15-9-16(27-20(15)23-17)14-7-5-4-6-8-14/h4-9,12-13H,10-11H2,1-3H3,(H,21,24)(H,22,23,25)/t13-/m1/s1. The molecule has 27 heavy (non-hydrogen) atoms. The molecule has 2 aromatic heterocycles. The van der Waals surface area contributed by atoms with Gasteiger partial charge in [-0.15, -0.1) is 23.1 Å². The second kappa shape index (κ2) is 8.71. The fraction of sp³-hybridized carbons (Fsp3) is 0.350. The molecular formula is C20H23N3O2S2. The van der Waals surface area contributed by atoms with E-state index >= 15 is 0 Å². The lowest BCUT2D eigenvalue weighted by Crippen LogP contribution is -2.37. The first kappa shape index (κ1) is 19.6. The molecule has 0 aliphatic heterocycles. The van der Waals surface area contributed by atoms with Crippen LogP contribution < -0.4 is 10.9 Å². The number of H-pyrrole nitrogens is 1. The van der Waals surface area contributed by atoms with Gasteiger partial charge in [0.2, 0.25) is 5.91 Å². The van der Waals surface area contributed by atoms with Crippen molar-refractivity contribution in [2.45, 2.75) is 32.6 Å². The number of aromatic amines is 1. The Morgan fingerprint density at radius 1 is 1.26 bits per heavy atom. The van der Waals surface area contributed by atoms with E-state index in [1.807, 2.05) is 43.3 Å². The maximum atomic E-state index is 12.4. The van der Waals surface area contributed by atoms with Crippen LogP contribution in [0.3, 0.4) is 0 Å². The van der Waals surface area contributed by atoms with Gasteiger partial charge in [0, 0.05) is 10.9 Å². The van der Waals surface area contributed by atoms with Gasteiger partial charge in [-0.2, -0.15) is 0 Å². The number of nitrogens with zero attached hydrogens (tertiary/aromatic N) is 1. The number of carbonyl (C=O) groups excluding carboxylic acids is 1. The summed E-state index contributed by atoms with van der Waals surface area (Å²) in [5.41, 5.74) is 0.943. The number of nitrogens with one attached hydrogen (secondary N) is 2. The molecule has 0 unspecified atom stereocenters. The number of hydrogen-bond donors (Lipinski definition) is 2. The van der Waals surface area contributed by atoms with Crippen molar-refractivity contribution in [3.63, 3.8) is 0 Å². The van der Waals surface area contributed by atoms with E-state index in [0.717, 1.165) is 15.3 Å². The molecule has 7 heteroatoms. The smallest absolute Gasteiger partial charge is 0.259 e. The Kier molecular flexibility index (Phi) is 6.34. The van der Waals surface area contributed by atoms with Gasteiger partial charge < -0.3 is 10.3 Å². The summed E-state index contributed by atoms with van der Waals surface area (Å²) in [5, 5.41) is 3.59. The quantitative estimate of drug-likeness (QED) is 0.626. The van der Waals surface area contributed by atoms with E-state index in [4.69, 9.17) is 0 Å². The lowest BCUT2D eigenvalue weighted by atomic mass is 10.1. The number of thioether (sulfide) groups is 1. The number of amides is 1. The predicted molar refractivity (Wildman–Crippen MR) is 114 cm³/mol. The summed E-state index contributed by atoms with van der Waals surface area (Å²) in [6.07, 6.45) is 0. The fourth-order valence-electron chi connectivity index (χ4n) is 2.49. The van der Waals surface area contributed by atoms with Crippen LogP contribution in [0.25, 0.3) is 20.7 Å². The monoisotopic (exact) mass is 401 g/mol. The number of fused-ring (bicyclic) bond motifs is 1. The summed E-state index contributed by atoms with van der Waals surface area (Å²) in [7, 11) is 0. The van der Waals surface area contributed by atoms with Crippen molar-refractivity contribution in [3.8, 4) is 10.4 Å². The van der Waals surface area contributed by atoms with E-state index in [-0.39, 0.29) is 17.5 Å². The van der Waals surface area contributed by atoms with Gasteiger partial charge in [-0.1, -0.05) is 44.2 Å². The second-order valence-electron chi connectivity index (χ2n) is 6.80. The van der Waals surface area contributed by atoms with Gasteiger partial charge in [-0.25, -0.2) is 4.98 Å². The highest BCUT2D eigenvalue weighted by Crippen LogP contribution is 2.30. The normalized spacial score (nSPS) is 12.4. The van der Waals surface area contributed by atoms with Crippen molar-refractivity contribution in [3.05, 3.63) is 52.6 Å². The average molecular weight is 402 g/mol. The highest BCUT2D eigenvalue weighted by atomic mass is 32.2. The van der Waals surface area contributed by atoms with Crippen LogP contribution in [0, 0.1) is 5.92 Å². The number of aromatic nitrogens is 2. The van der Waals surface area contributed by atoms with Crippen LogP contribution >= 0.6 is 23.1 Å². The summed E-state index contributed by atoms with van der Waals surface area (Å²) in [6, 6.07) is 12.0. The van der Waals surface area contributed by atoms with E-state index < -0.39 is 0 Å². The molecule has 0 saturated heterocycles. The van der Waals surface area contributed by atoms with Crippen molar-refractivity contribution in [1.82, 2.24) is 15.3 Å². The van der Waals surface area contributed by atoms with Gasteiger partial charge in [-0.3, -0.25) is 9.59 Å². The summed E-state index contributed by atoms with van der Waals surface area (Å²) in [5.74, 6) is 1.85. The first-order valence-electron chi connectivity index (χ1n) is 8.89. The Morgan fingerprint density at radius 2 is 2.00 bits per heavy atom. The summed E-state index contributed by atoms with van der Waals surface area (Å²) in [4.78, 5) is 33.5. The zero-order chi connectivity index (χ0) is 19.4. The molecule has 0 saturated carbocycles. The molecule has 0 radical (unpaired) electrons. The minimum atomic E-state index is -0.132. The van der Waals surface area contributed by atoms with E-state index in [1.54, 1.807) is 0 Å². The second-order valence-corrected chi connectivity index (χ2v) is 8.82. The number of thiophene rings is 1. The van der Waals surface area contributed by atoms with Crippen LogP contribution in [0.2, 0.25) is 0 Å². The molecule has 0 aliphatic carbocycles. The van der Waals surface area contributed by atoms with Gasteiger partial charge in [0.1, 0.15) is 10.7 Å². The minimum absolute atomic E-state index is 0.00659. The molecule has 5 nitrogen and oxygen atoms in total. The van der Waals surface area contributed by atoms with Crippen molar-refractivity contribution in [2.75, 3.05) is 5.75 Å². The Balaban J connectivity index is 1.68. The summed E-state index contributed by atoms with van der Waals surface area (Å²) >= 11 is 2.96. The van der Waals surface area contributed by atoms with Crippen molar-refractivity contribution in [1.29, 1.82) is 0 Å². The average Bonchev–Trinajstić information content (AvgIpc) is 3.07. The van der Waals surface area contributed by atoms with E-state index in [0.29, 0.717) is 28.6 Å². The zero-order valence-electron chi connectivity index (χ0n) is 15.6. The molecule has 1 atom stereocenters. The maximum Gasteiger partial charge on any atom is 0.259 e. The third-order valence-corrected chi connectivity index (χ3v) is 6.39. The number of hydrogen-bond acceptors (Lipinski definition) is 5. The van der Waals surface area contributed by atoms with Gasteiger partial charge >= 0.3 is 0 Å². The Hall–Kier alpha value is -2.12. The summed E-state index contributed by atoms with van der Waals surface area (Å²) in [6.45, 7) is 6.15. The molecule has 3 rings (SSSR count). The number of rotatable bonds is 7. The molecule has 2 heterocycles. The molecule has 142 valence electrons. The van der Waals surface area contributed by atoms with Gasteiger partial charge in [0.15, 0.2) is 0 Å². The Morgan fingerprint density at radius 3 is 2.70 bits per heavy atom. The molecule has 1 amide bonds. The van der Waals surface area contributed by atoms with E-state index in [2.05, 4.69) is 29.1 Å². The molecule has 3 aromatic rings. The van der Waals surface area contributed by atoms with Gasteiger partial charge in [-0.05, 0) is 24.5 Å². The molecule has 0 aliphatic rings. The SMILES string of the molecule is CC(C)[C@@H](C)NC(=O)CSCc1nc2sc(-c3ccccc3)cc2c(=O)[nH]1. The van der Waals surface area contributed by atoms with Crippen LogP contribution in [0.5, 0.6) is 0 Å². The zero-order valence-corrected chi connectivity index (χ0v) is 17.2. The molecule has 2 N–H and O–H groups in total. The first-order chi connectivity index (χ1) is 12.9. The van der Waals surface area contributed by atoms with Crippen LogP contribution in [0.4, 0.5) is 0 Å².